The molecule has 6 heteroatoms. The van der Waals surface area contributed by atoms with Crippen molar-refractivity contribution in [2.75, 3.05) is 26.9 Å². The minimum absolute atomic E-state index is 0.0234. The van der Waals surface area contributed by atoms with Crippen molar-refractivity contribution < 1.29 is 19.4 Å². The van der Waals surface area contributed by atoms with Gasteiger partial charge < -0.3 is 19.5 Å². The van der Waals surface area contributed by atoms with Crippen molar-refractivity contribution in [3.63, 3.8) is 0 Å². The van der Waals surface area contributed by atoms with Crippen molar-refractivity contribution in [3.8, 4) is 11.5 Å². The molecule has 134 valence electrons. The normalized spacial score (nSPS) is 16.0. The van der Waals surface area contributed by atoms with Gasteiger partial charge in [-0.05, 0) is 42.0 Å². The predicted octanol–water partition coefficient (Wildman–Crippen LogP) is 2.64. The van der Waals surface area contributed by atoms with Crippen LogP contribution in [0.4, 0.5) is 0 Å². The lowest BCUT2D eigenvalue weighted by molar-refractivity contribution is -0.138. The first-order chi connectivity index (χ1) is 12.1. The van der Waals surface area contributed by atoms with Crippen LogP contribution in [-0.4, -0.2) is 42.8 Å². The minimum atomic E-state index is -0.244. The summed E-state index contributed by atoms with van der Waals surface area (Å²) in [5.74, 6) is 1.21. The second-order valence-electron chi connectivity index (χ2n) is 6.17. The fourth-order valence-corrected chi connectivity index (χ4v) is 4.02. The Bertz CT molecular complexity index is 743. The molecule has 0 bridgehead atoms. The molecule has 0 fully saturated rings. The van der Waals surface area contributed by atoms with Crippen LogP contribution in [0.15, 0.2) is 29.6 Å². The number of benzene rings is 1. The first-order valence-corrected chi connectivity index (χ1v) is 9.23. The number of fused-ring (bicyclic) bond motifs is 1. The number of rotatable bonds is 6. The number of aliphatic hydroxyl groups excluding tert-OH is 1. The van der Waals surface area contributed by atoms with E-state index in [-0.39, 0.29) is 18.4 Å². The number of para-hydroxylation sites is 1. The van der Waals surface area contributed by atoms with E-state index in [1.807, 2.05) is 36.6 Å². The Morgan fingerprint density at radius 2 is 2.28 bits per heavy atom. The van der Waals surface area contributed by atoms with Gasteiger partial charge in [0, 0.05) is 11.4 Å². The van der Waals surface area contributed by atoms with Crippen LogP contribution in [0.1, 0.15) is 16.0 Å². The maximum absolute atomic E-state index is 13.0. The van der Waals surface area contributed by atoms with Crippen molar-refractivity contribution in [2.45, 2.75) is 19.9 Å². The predicted molar refractivity (Wildman–Crippen MR) is 97.2 cm³/mol. The summed E-state index contributed by atoms with van der Waals surface area (Å²) in [6.07, 6.45) is 0.622. The molecular weight excluding hydrogens is 338 g/mol. The molecule has 1 atom stereocenters. The number of thiophene rings is 1. The smallest absolute Gasteiger partial charge is 0.229 e. The molecule has 0 radical (unpaired) electrons. The van der Waals surface area contributed by atoms with Crippen LogP contribution in [0.3, 0.4) is 0 Å². The summed E-state index contributed by atoms with van der Waals surface area (Å²) in [4.78, 5) is 15.9. The van der Waals surface area contributed by atoms with E-state index < -0.39 is 0 Å². The van der Waals surface area contributed by atoms with Crippen molar-refractivity contribution in [1.82, 2.24) is 4.90 Å². The molecule has 0 spiro atoms. The highest BCUT2D eigenvalue weighted by Crippen LogP contribution is 2.36. The van der Waals surface area contributed by atoms with E-state index in [4.69, 9.17) is 9.47 Å². The van der Waals surface area contributed by atoms with Crippen LogP contribution in [0.5, 0.6) is 11.5 Å². The molecule has 1 aromatic heterocycles. The van der Waals surface area contributed by atoms with Crippen LogP contribution in [0.25, 0.3) is 0 Å². The van der Waals surface area contributed by atoms with Crippen molar-refractivity contribution in [3.05, 3.63) is 45.6 Å². The fraction of sp³-hybridized carbons (Fsp3) is 0.421. The lowest BCUT2D eigenvalue weighted by Gasteiger charge is -2.30. The largest absolute Gasteiger partial charge is 0.493 e. The quantitative estimate of drug-likeness (QED) is 0.859. The van der Waals surface area contributed by atoms with E-state index in [1.165, 1.54) is 5.56 Å². The van der Waals surface area contributed by atoms with Gasteiger partial charge in [-0.25, -0.2) is 0 Å². The third-order valence-electron chi connectivity index (χ3n) is 4.51. The van der Waals surface area contributed by atoms with Crippen LogP contribution >= 0.6 is 11.3 Å². The van der Waals surface area contributed by atoms with Crippen LogP contribution in [0, 0.1) is 12.8 Å². The molecular formula is C19H23NO4S. The number of ether oxygens (including phenoxy) is 2. The first-order valence-electron chi connectivity index (χ1n) is 8.35. The molecule has 1 aliphatic rings. The van der Waals surface area contributed by atoms with Gasteiger partial charge in [-0.1, -0.05) is 12.1 Å². The van der Waals surface area contributed by atoms with Gasteiger partial charge in [-0.3, -0.25) is 4.79 Å². The lowest BCUT2D eigenvalue weighted by atomic mass is 9.95. The molecule has 0 aliphatic carbocycles. The number of amides is 1. The van der Waals surface area contributed by atoms with Crippen LogP contribution < -0.4 is 9.47 Å². The number of aryl methyl sites for hydroxylation is 1. The SMILES string of the molecule is COc1cccc2c1OC[C@@H](C(=O)N(CCO)Cc1sccc1C)C2. The average Bonchev–Trinajstić information content (AvgIpc) is 3.04. The minimum Gasteiger partial charge on any atom is -0.493 e. The fourth-order valence-electron chi connectivity index (χ4n) is 3.10. The molecule has 1 aliphatic heterocycles. The number of methoxy groups -OCH3 is 1. The van der Waals surface area contributed by atoms with Gasteiger partial charge in [0.25, 0.3) is 0 Å². The average molecular weight is 361 g/mol. The van der Waals surface area contributed by atoms with E-state index in [9.17, 15) is 9.90 Å². The van der Waals surface area contributed by atoms with Gasteiger partial charge in [0.05, 0.1) is 26.2 Å². The van der Waals surface area contributed by atoms with Gasteiger partial charge in [0.2, 0.25) is 5.91 Å². The lowest BCUT2D eigenvalue weighted by Crippen LogP contribution is -2.41. The van der Waals surface area contributed by atoms with Crippen molar-refractivity contribution in [2.24, 2.45) is 5.92 Å². The van der Waals surface area contributed by atoms with E-state index >= 15 is 0 Å². The summed E-state index contributed by atoms with van der Waals surface area (Å²) in [7, 11) is 1.61. The third kappa shape index (κ3) is 3.80. The monoisotopic (exact) mass is 361 g/mol. The van der Waals surface area contributed by atoms with E-state index in [1.54, 1.807) is 23.3 Å². The van der Waals surface area contributed by atoms with E-state index in [0.29, 0.717) is 31.9 Å². The van der Waals surface area contributed by atoms with Gasteiger partial charge in [0.15, 0.2) is 11.5 Å². The molecule has 0 unspecified atom stereocenters. The van der Waals surface area contributed by atoms with Crippen LogP contribution in [0.2, 0.25) is 0 Å². The summed E-state index contributed by atoms with van der Waals surface area (Å²) >= 11 is 1.64. The Morgan fingerprint density at radius 3 is 2.96 bits per heavy atom. The molecule has 3 rings (SSSR count). The Hall–Kier alpha value is -2.05. The zero-order valence-corrected chi connectivity index (χ0v) is 15.3. The van der Waals surface area contributed by atoms with E-state index in [0.717, 1.165) is 16.2 Å². The number of carbonyl (C=O) groups excluding carboxylic acids is 1. The second kappa shape index (κ2) is 7.89. The molecule has 1 amide bonds. The van der Waals surface area contributed by atoms with Crippen molar-refractivity contribution >= 4 is 17.2 Å². The summed E-state index contributed by atoms with van der Waals surface area (Å²) < 4.78 is 11.2. The van der Waals surface area contributed by atoms with Crippen LogP contribution in [-0.2, 0) is 17.8 Å². The van der Waals surface area contributed by atoms with Crippen molar-refractivity contribution in [1.29, 1.82) is 0 Å². The zero-order valence-electron chi connectivity index (χ0n) is 14.5. The van der Waals surface area contributed by atoms with Gasteiger partial charge in [0.1, 0.15) is 6.61 Å². The van der Waals surface area contributed by atoms with Gasteiger partial charge >= 0.3 is 0 Å². The summed E-state index contributed by atoms with van der Waals surface area (Å²) in [6.45, 7) is 3.19. The second-order valence-corrected chi connectivity index (χ2v) is 7.17. The number of nitrogens with zero attached hydrogens (tertiary/aromatic N) is 1. The number of hydrogen-bond acceptors (Lipinski definition) is 5. The number of carbonyl (C=O) groups is 1. The molecule has 1 aromatic carbocycles. The summed E-state index contributed by atoms with van der Waals surface area (Å²) in [5, 5.41) is 11.4. The Labute approximate surface area is 151 Å². The zero-order chi connectivity index (χ0) is 17.8. The Morgan fingerprint density at radius 1 is 1.44 bits per heavy atom. The maximum Gasteiger partial charge on any atom is 0.229 e. The summed E-state index contributed by atoms with van der Waals surface area (Å²) in [6, 6.07) is 7.79. The van der Waals surface area contributed by atoms with Gasteiger partial charge in [-0.2, -0.15) is 0 Å². The highest BCUT2D eigenvalue weighted by Gasteiger charge is 2.31. The molecule has 0 saturated heterocycles. The molecule has 0 saturated carbocycles. The topological polar surface area (TPSA) is 59.0 Å². The number of hydrogen-bond donors (Lipinski definition) is 1. The maximum atomic E-state index is 13.0. The molecule has 25 heavy (non-hydrogen) atoms. The Kier molecular flexibility index (Phi) is 5.60. The molecule has 5 nitrogen and oxygen atoms in total. The standard InChI is InChI=1S/C19H23NO4S/c1-13-6-9-25-17(13)11-20(7-8-21)19(22)15-10-14-4-3-5-16(23-2)18(14)24-12-15/h3-6,9,15,21H,7-8,10-12H2,1-2H3/t15-/m0/s1. The van der Waals surface area contributed by atoms with E-state index in [2.05, 4.69) is 0 Å². The molecule has 2 aromatic rings. The molecule has 2 heterocycles. The summed E-state index contributed by atoms with van der Waals surface area (Å²) in [5.41, 5.74) is 2.16. The third-order valence-corrected chi connectivity index (χ3v) is 5.52. The highest BCUT2D eigenvalue weighted by molar-refractivity contribution is 7.10. The highest BCUT2D eigenvalue weighted by atomic mass is 32.1. The number of aliphatic hydroxyl groups is 1. The Balaban J connectivity index is 1.75. The van der Waals surface area contributed by atoms with Gasteiger partial charge in [-0.15, -0.1) is 11.3 Å². The molecule has 1 N–H and O–H groups in total. The first kappa shape index (κ1) is 17.8.